The van der Waals surface area contributed by atoms with Gasteiger partial charge in [-0.05, 0) is 64.9 Å². The number of hydrogen-bond acceptors (Lipinski definition) is 5. The fraction of sp³-hybridized carbons (Fsp3) is 0.0800. The Hall–Kier alpha value is -2.95. The number of nitrogens with zero attached hydrogens (tertiary/aromatic N) is 2. The summed E-state index contributed by atoms with van der Waals surface area (Å²) >= 11 is 19.5. The second-order valence-electron chi connectivity index (χ2n) is 7.27. The molecule has 0 spiro atoms. The Bertz CT molecular complexity index is 1330. The number of amides is 2. The summed E-state index contributed by atoms with van der Waals surface area (Å²) in [5.41, 5.74) is 2.46. The molecule has 1 aliphatic heterocycles. The van der Waals surface area contributed by atoms with Crippen molar-refractivity contribution in [1.29, 1.82) is 5.26 Å². The Labute approximate surface area is 215 Å². The number of halogens is 3. The molecular formula is C25H15Cl3N2O3S. The molecule has 4 rings (SSSR count). The van der Waals surface area contributed by atoms with Crippen LogP contribution in [0.1, 0.15) is 22.3 Å². The van der Waals surface area contributed by atoms with E-state index >= 15 is 0 Å². The predicted molar refractivity (Wildman–Crippen MR) is 135 cm³/mol. The van der Waals surface area contributed by atoms with Crippen LogP contribution >= 0.6 is 46.6 Å². The topological polar surface area (TPSA) is 70.4 Å². The van der Waals surface area contributed by atoms with Crippen molar-refractivity contribution in [3.05, 3.63) is 103 Å². The van der Waals surface area contributed by atoms with Gasteiger partial charge in [-0.15, -0.1) is 0 Å². The molecule has 5 nitrogen and oxygen atoms in total. The maximum Gasteiger partial charge on any atom is 0.293 e. The number of hydrogen-bond donors (Lipinski definition) is 0. The first-order chi connectivity index (χ1) is 16.4. The van der Waals surface area contributed by atoms with E-state index in [1.165, 1.54) is 0 Å². The van der Waals surface area contributed by atoms with Crippen molar-refractivity contribution in [3.8, 4) is 11.8 Å². The summed E-state index contributed by atoms with van der Waals surface area (Å²) in [5, 5.41) is 10.0. The summed E-state index contributed by atoms with van der Waals surface area (Å²) in [6.45, 7) is 0.268. The number of rotatable bonds is 6. The van der Waals surface area contributed by atoms with Crippen molar-refractivity contribution in [2.24, 2.45) is 0 Å². The average molecular weight is 530 g/mol. The number of nitriles is 1. The van der Waals surface area contributed by atoms with Gasteiger partial charge in [-0.25, -0.2) is 0 Å². The molecule has 170 valence electrons. The summed E-state index contributed by atoms with van der Waals surface area (Å²) in [7, 11) is 0. The lowest BCUT2D eigenvalue weighted by Gasteiger charge is -2.13. The molecule has 34 heavy (non-hydrogen) atoms. The highest BCUT2D eigenvalue weighted by Crippen LogP contribution is 2.38. The molecule has 0 unspecified atom stereocenters. The second-order valence-corrected chi connectivity index (χ2v) is 9.51. The first-order valence-electron chi connectivity index (χ1n) is 9.95. The largest absolute Gasteiger partial charge is 0.486 e. The van der Waals surface area contributed by atoms with E-state index in [0.717, 1.165) is 22.2 Å². The molecule has 0 aromatic heterocycles. The molecule has 3 aromatic carbocycles. The minimum absolute atomic E-state index is 0.0186. The molecule has 2 amide bonds. The Morgan fingerprint density at radius 1 is 1.00 bits per heavy atom. The monoisotopic (exact) mass is 528 g/mol. The van der Waals surface area contributed by atoms with E-state index in [-0.39, 0.29) is 28.1 Å². The lowest BCUT2D eigenvalue weighted by atomic mass is 10.1. The number of thioether (sulfide) groups is 1. The third kappa shape index (κ3) is 5.40. The Balaban J connectivity index is 1.51. The van der Waals surface area contributed by atoms with Crippen molar-refractivity contribution < 1.29 is 14.3 Å². The number of imide groups is 1. The zero-order valence-electron chi connectivity index (χ0n) is 17.4. The number of ether oxygens (including phenoxy) is 1. The summed E-state index contributed by atoms with van der Waals surface area (Å²) in [6, 6.07) is 19.3. The van der Waals surface area contributed by atoms with Gasteiger partial charge in [-0.2, -0.15) is 5.26 Å². The maximum atomic E-state index is 12.9. The first-order valence-corrected chi connectivity index (χ1v) is 11.9. The van der Waals surface area contributed by atoms with Crippen LogP contribution < -0.4 is 4.74 Å². The Morgan fingerprint density at radius 3 is 2.35 bits per heavy atom. The fourth-order valence-corrected chi connectivity index (χ4v) is 4.84. The molecule has 1 aliphatic rings. The summed E-state index contributed by atoms with van der Waals surface area (Å²) in [6.07, 6.45) is 1.56. The first kappa shape index (κ1) is 24.2. The van der Waals surface area contributed by atoms with E-state index in [0.29, 0.717) is 27.5 Å². The molecule has 1 fully saturated rings. The smallest absolute Gasteiger partial charge is 0.293 e. The molecule has 0 N–H and O–H groups in total. The molecule has 0 atom stereocenters. The average Bonchev–Trinajstić information content (AvgIpc) is 3.07. The van der Waals surface area contributed by atoms with E-state index in [1.54, 1.807) is 54.6 Å². The van der Waals surface area contributed by atoms with Crippen molar-refractivity contribution >= 4 is 63.8 Å². The number of benzene rings is 3. The van der Waals surface area contributed by atoms with Gasteiger partial charge in [0.2, 0.25) is 0 Å². The maximum absolute atomic E-state index is 12.9. The zero-order valence-corrected chi connectivity index (χ0v) is 20.5. The van der Waals surface area contributed by atoms with Crippen LogP contribution in [0.2, 0.25) is 15.1 Å². The van der Waals surface area contributed by atoms with E-state index in [1.807, 2.05) is 12.1 Å². The van der Waals surface area contributed by atoms with Crippen LogP contribution in [0.5, 0.6) is 5.75 Å². The normalized spacial score (nSPS) is 14.5. The second kappa shape index (κ2) is 10.5. The third-order valence-electron chi connectivity index (χ3n) is 4.95. The zero-order chi connectivity index (χ0) is 24.2. The number of carbonyl (C=O) groups excluding carboxylic acids is 2. The predicted octanol–water partition coefficient (Wildman–Crippen LogP) is 7.33. The van der Waals surface area contributed by atoms with Crippen LogP contribution in [0.4, 0.5) is 4.79 Å². The summed E-state index contributed by atoms with van der Waals surface area (Å²) in [5.74, 6) is -0.130. The lowest BCUT2D eigenvalue weighted by Crippen LogP contribution is -2.27. The molecule has 3 aromatic rings. The van der Waals surface area contributed by atoms with Gasteiger partial charge >= 0.3 is 0 Å². The highest BCUT2D eigenvalue weighted by atomic mass is 35.5. The van der Waals surface area contributed by atoms with Gasteiger partial charge in [0.15, 0.2) is 5.75 Å². The van der Waals surface area contributed by atoms with Crippen LogP contribution in [0.25, 0.3) is 6.08 Å². The summed E-state index contributed by atoms with van der Waals surface area (Å²) < 4.78 is 5.77. The Kier molecular flexibility index (Phi) is 7.50. The van der Waals surface area contributed by atoms with Crippen molar-refractivity contribution in [3.63, 3.8) is 0 Å². The SMILES string of the molecule is N#Cc1ccccc1CN1C(=O)S/C(=C/c2cc(Cl)c(OCc3ccc(Cl)cc3)c(Cl)c2)C1=O. The standard InChI is InChI=1S/C25H15Cl3N2O3S/c26-19-7-5-15(6-8-19)14-33-23-20(27)9-16(10-21(23)28)11-22-24(31)30(25(32)34-22)13-18-4-2-1-3-17(18)12-29/h1-11H,13-14H2/b22-11+. The molecule has 9 heteroatoms. The minimum atomic E-state index is -0.446. The van der Waals surface area contributed by atoms with E-state index in [9.17, 15) is 14.9 Å². The number of carbonyl (C=O) groups is 2. The van der Waals surface area contributed by atoms with Crippen LogP contribution in [-0.2, 0) is 17.9 Å². The van der Waals surface area contributed by atoms with Gasteiger partial charge in [0.1, 0.15) is 6.61 Å². The lowest BCUT2D eigenvalue weighted by molar-refractivity contribution is -0.123. The van der Waals surface area contributed by atoms with Crippen molar-refractivity contribution in [1.82, 2.24) is 4.90 Å². The van der Waals surface area contributed by atoms with Gasteiger partial charge in [-0.3, -0.25) is 14.5 Å². The Morgan fingerprint density at radius 2 is 1.68 bits per heavy atom. The van der Waals surface area contributed by atoms with E-state index in [4.69, 9.17) is 39.5 Å². The van der Waals surface area contributed by atoms with E-state index in [2.05, 4.69) is 6.07 Å². The minimum Gasteiger partial charge on any atom is -0.486 e. The van der Waals surface area contributed by atoms with Gasteiger partial charge in [-0.1, -0.05) is 65.1 Å². The van der Waals surface area contributed by atoms with Crippen LogP contribution in [0.3, 0.4) is 0 Å². The molecule has 1 saturated heterocycles. The summed E-state index contributed by atoms with van der Waals surface area (Å²) in [4.78, 5) is 26.7. The fourth-order valence-electron chi connectivity index (χ4n) is 3.26. The molecule has 0 bridgehead atoms. The van der Waals surface area contributed by atoms with Crippen LogP contribution in [-0.4, -0.2) is 16.0 Å². The quantitative estimate of drug-likeness (QED) is 0.313. The molecular weight excluding hydrogens is 515 g/mol. The molecule has 1 heterocycles. The van der Waals surface area contributed by atoms with Gasteiger partial charge in [0.25, 0.3) is 11.1 Å². The highest BCUT2D eigenvalue weighted by Gasteiger charge is 2.35. The molecule has 0 saturated carbocycles. The molecule has 0 radical (unpaired) electrons. The van der Waals surface area contributed by atoms with Gasteiger partial charge < -0.3 is 4.74 Å². The van der Waals surface area contributed by atoms with Crippen molar-refractivity contribution in [2.45, 2.75) is 13.2 Å². The third-order valence-corrected chi connectivity index (χ3v) is 6.68. The molecule has 0 aliphatic carbocycles. The van der Waals surface area contributed by atoms with Gasteiger partial charge in [0, 0.05) is 5.02 Å². The highest BCUT2D eigenvalue weighted by molar-refractivity contribution is 8.18. The van der Waals surface area contributed by atoms with Crippen LogP contribution in [0, 0.1) is 11.3 Å². The van der Waals surface area contributed by atoms with Crippen LogP contribution in [0.15, 0.2) is 65.6 Å². The van der Waals surface area contributed by atoms with Gasteiger partial charge in [0.05, 0.1) is 33.1 Å². The van der Waals surface area contributed by atoms with E-state index < -0.39 is 11.1 Å². The van der Waals surface area contributed by atoms with Crippen molar-refractivity contribution in [2.75, 3.05) is 0 Å².